The highest BCUT2D eigenvalue weighted by molar-refractivity contribution is 7.14. The van der Waals surface area contributed by atoms with E-state index in [0.717, 1.165) is 5.56 Å². The maximum atomic E-state index is 10.3. The van der Waals surface area contributed by atoms with Crippen LogP contribution in [0, 0.1) is 6.92 Å². The van der Waals surface area contributed by atoms with Gasteiger partial charge < -0.3 is 14.3 Å². The van der Waals surface area contributed by atoms with E-state index in [1.165, 1.54) is 11.3 Å². The van der Waals surface area contributed by atoms with Gasteiger partial charge in [0.2, 0.25) is 5.89 Å². The molecule has 0 aliphatic rings. The van der Waals surface area contributed by atoms with E-state index < -0.39 is 12.6 Å². The molecule has 18 heavy (non-hydrogen) atoms. The highest BCUT2D eigenvalue weighted by Gasteiger charge is 2.15. The molecule has 6 nitrogen and oxygen atoms in total. The van der Waals surface area contributed by atoms with Crippen molar-refractivity contribution in [3.63, 3.8) is 0 Å². The number of carboxylic acid groups (broad SMARTS) is 1. The Morgan fingerprint density at radius 1 is 1.61 bits per heavy atom. The van der Waals surface area contributed by atoms with Gasteiger partial charge in [0, 0.05) is 0 Å². The van der Waals surface area contributed by atoms with Crippen LogP contribution in [0.25, 0.3) is 10.8 Å². The molecule has 0 aliphatic heterocycles. The number of carboxylic acids is 1. The number of ether oxygens (including phenoxy) is 1. The second-order valence-corrected chi connectivity index (χ2v) is 4.71. The van der Waals surface area contributed by atoms with E-state index in [2.05, 4.69) is 10.2 Å². The molecule has 0 fully saturated rings. The van der Waals surface area contributed by atoms with Crippen molar-refractivity contribution in [2.75, 3.05) is 6.61 Å². The van der Waals surface area contributed by atoms with E-state index in [0.29, 0.717) is 15.8 Å². The SMILES string of the molecule is Cc1csc(-c2nnc(COCC(=O)O)o2)c1Cl. The number of aryl methyl sites for hydroxylation is 1. The lowest BCUT2D eigenvalue weighted by atomic mass is 10.3. The summed E-state index contributed by atoms with van der Waals surface area (Å²) in [4.78, 5) is 11.0. The lowest BCUT2D eigenvalue weighted by Crippen LogP contribution is -2.06. The highest BCUT2D eigenvalue weighted by atomic mass is 35.5. The van der Waals surface area contributed by atoms with Gasteiger partial charge in [-0.15, -0.1) is 21.5 Å². The Kier molecular flexibility index (Phi) is 3.95. The van der Waals surface area contributed by atoms with Gasteiger partial charge in [0.25, 0.3) is 5.89 Å². The molecule has 0 aromatic carbocycles. The van der Waals surface area contributed by atoms with Gasteiger partial charge in [-0.25, -0.2) is 4.79 Å². The third-order valence-electron chi connectivity index (χ3n) is 2.01. The van der Waals surface area contributed by atoms with Gasteiger partial charge >= 0.3 is 5.97 Å². The average molecular weight is 289 g/mol. The Morgan fingerprint density at radius 3 is 3.00 bits per heavy atom. The summed E-state index contributed by atoms with van der Waals surface area (Å²) in [6.07, 6.45) is 0. The van der Waals surface area contributed by atoms with Gasteiger partial charge in [-0.2, -0.15) is 0 Å². The van der Waals surface area contributed by atoms with Gasteiger partial charge in [-0.3, -0.25) is 0 Å². The monoisotopic (exact) mass is 288 g/mol. The molecule has 2 rings (SSSR count). The van der Waals surface area contributed by atoms with Crippen LogP contribution in [0.4, 0.5) is 0 Å². The molecule has 8 heteroatoms. The smallest absolute Gasteiger partial charge is 0.329 e. The number of hydrogen-bond acceptors (Lipinski definition) is 6. The van der Waals surface area contributed by atoms with E-state index in [9.17, 15) is 4.79 Å². The summed E-state index contributed by atoms with van der Waals surface area (Å²) < 4.78 is 10.2. The number of halogens is 1. The number of carbonyl (C=O) groups is 1. The first-order chi connectivity index (χ1) is 8.58. The van der Waals surface area contributed by atoms with Gasteiger partial charge in [0.05, 0.1) is 5.02 Å². The van der Waals surface area contributed by atoms with E-state index in [1.807, 2.05) is 12.3 Å². The second-order valence-electron chi connectivity index (χ2n) is 3.45. The van der Waals surface area contributed by atoms with Crippen LogP contribution in [0.5, 0.6) is 0 Å². The number of aromatic nitrogens is 2. The summed E-state index contributed by atoms with van der Waals surface area (Å²) in [5.41, 5.74) is 0.943. The number of rotatable bonds is 5. The van der Waals surface area contributed by atoms with Crippen molar-refractivity contribution in [1.29, 1.82) is 0 Å². The fourth-order valence-electron chi connectivity index (χ4n) is 1.20. The normalized spacial score (nSPS) is 10.8. The van der Waals surface area contributed by atoms with E-state index in [1.54, 1.807) is 0 Å². The van der Waals surface area contributed by atoms with Crippen molar-refractivity contribution in [2.24, 2.45) is 0 Å². The molecule has 0 saturated carbocycles. The Hall–Kier alpha value is -1.44. The molecule has 0 saturated heterocycles. The minimum Gasteiger partial charge on any atom is -0.480 e. The van der Waals surface area contributed by atoms with Crippen LogP contribution >= 0.6 is 22.9 Å². The van der Waals surface area contributed by atoms with Crippen molar-refractivity contribution in [2.45, 2.75) is 13.5 Å². The fraction of sp³-hybridized carbons (Fsp3) is 0.300. The first-order valence-electron chi connectivity index (χ1n) is 4.94. The predicted molar refractivity (Wildman–Crippen MR) is 64.6 cm³/mol. The zero-order valence-electron chi connectivity index (χ0n) is 9.34. The van der Waals surface area contributed by atoms with E-state index in [4.69, 9.17) is 25.9 Å². The fourth-order valence-corrected chi connectivity index (χ4v) is 2.40. The Balaban J connectivity index is 2.06. The lowest BCUT2D eigenvalue weighted by Gasteiger charge is -1.95. The van der Waals surface area contributed by atoms with Crippen LogP contribution in [-0.4, -0.2) is 27.9 Å². The molecule has 2 heterocycles. The molecule has 0 aliphatic carbocycles. The quantitative estimate of drug-likeness (QED) is 0.909. The lowest BCUT2D eigenvalue weighted by molar-refractivity contribution is -0.142. The zero-order valence-corrected chi connectivity index (χ0v) is 10.9. The molecule has 1 N–H and O–H groups in total. The van der Waals surface area contributed by atoms with E-state index in [-0.39, 0.29) is 12.5 Å². The Morgan fingerprint density at radius 2 is 2.39 bits per heavy atom. The average Bonchev–Trinajstić information content (AvgIpc) is 2.88. The van der Waals surface area contributed by atoms with Gasteiger partial charge in [-0.1, -0.05) is 11.6 Å². The highest BCUT2D eigenvalue weighted by Crippen LogP contribution is 2.35. The summed E-state index contributed by atoms with van der Waals surface area (Å²) in [6, 6.07) is 0. The van der Waals surface area contributed by atoms with Crippen molar-refractivity contribution >= 4 is 28.9 Å². The molecule has 0 spiro atoms. The number of nitrogens with zero attached hydrogens (tertiary/aromatic N) is 2. The van der Waals surface area contributed by atoms with Gasteiger partial charge in [-0.05, 0) is 17.9 Å². The molecule has 0 atom stereocenters. The molecule has 0 unspecified atom stereocenters. The van der Waals surface area contributed by atoms with Crippen LogP contribution in [0.1, 0.15) is 11.5 Å². The summed E-state index contributed by atoms with van der Waals surface area (Å²) in [5.74, 6) is -0.521. The van der Waals surface area contributed by atoms with Gasteiger partial charge in [0.15, 0.2) is 0 Å². The molecule has 2 aromatic rings. The third-order valence-corrected chi connectivity index (χ3v) is 3.70. The number of hydrogen-bond donors (Lipinski definition) is 1. The van der Waals surface area contributed by atoms with Crippen molar-refractivity contribution in [3.8, 4) is 10.8 Å². The van der Waals surface area contributed by atoms with Crippen molar-refractivity contribution in [1.82, 2.24) is 10.2 Å². The minimum absolute atomic E-state index is 0.0404. The number of aliphatic carboxylic acids is 1. The Bertz CT molecular complexity index is 566. The van der Waals surface area contributed by atoms with Crippen LogP contribution in [0.3, 0.4) is 0 Å². The minimum atomic E-state index is -1.05. The standard InChI is InChI=1S/C10H9ClN2O4S/c1-5-4-18-9(8(5)11)10-13-12-6(17-10)2-16-3-7(14)15/h4H,2-3H2,1H3,(H,14,15). The van der Waals surface area contributed by atoms with Crippen molar-refractivity contribution < 1.29 is 19.1 Å². The largest absolute Gasteiger partial charge is 0.480 e. The molecule has 0 bridgehead atoms. The first kappa shape index (κ1) is 13.0. The Labute approximate surface area is 111 Å². The maximum Gasteiger partial charge on any atom is 0.329 e. The summed E-state index contributed by atoms with van der Waals surface area (Å²) in [7, 11) is 0. The van der Waals surface area contributed by atoms with Crippen LogP contribution < -0.4 is 0 Å². The van der Waals surface area contributed by atoms with Gasteiger partial charge in [0.1, 0.15) is 18.1 Å². The summed E-state index contributed by atoms with van der Waals surface area (Å²) >= 11 is 7.48. The van der Waals surface area contributed by atoms with Crippen molar-refractivity contribution in [3.05, 3.63) is 21.9 Å². The zero-order chi connectivity index (χ0) is 13.1. The number of thiophene rings is 1. The predicted octanol–water partition coefficient (Wildman–Crippen LogP) is 2.36. The maximum absolute atomic E-state index is 10.3. The summed E-state index contributed by atoms with van der Waals surface area (Å²) in [5, 5.41) is 18.5. The molecular weight excluding hydrogens is 280 g/mol. The van der Waals surface area contributed by atoms with E-state index >= 15 is 0 Å². The molecule has 0 amide bonds. The molecular formula is C10H9ClN2O4S. The summed E-state index contributed by atoms with van der Waals surface area (Å²) in [6.45, 7) is 1.44. The first-order valence-corrected chi connectivity index (χ1v) is 6.19. The van der Waals surface area contributed by atoms with Crippen LogP contribution in [-0.2, 0) is 16.1 Å². The van der Waals surface area contributed by atoms with Crippen LogP contribution in [0.2, 0.25) is 5.02 Å². The molecule has 0 radical (unpaired) electrons. The molecule has 96 valence electrons. The molecule has 2 aromatic heterocycles. The topological polar surface area (TPSA) is 85.5 Å². The van der Waals surface area contributed by atoms with Crippen LogP contribution in [0.15, 0.2) is 9.80 Å². The third kappa shape index (κ3) is 2.87. The second kappa shape index (κ2) is 5.47.